The first-order valence-electron chi connectivity index (χ1n) is 10.7. The topological polar surface area (TPSA) is 135 Å². The fourth-order valence-electron chi connectivity index (χ4n) is 3.42. The van der Waals surface area contributed by atoms with Gasteiger partial charge in [-0.15, -0.1) is 10.2 Å². The molecule has 0 saturated heterocycles. The number of anilines is 2. The van der Waals surface area contributed by atoms with Crippen molar-refractivity contribution in [3.05, 3.63) is 70.2 Å². The second kappa shape index (κ2) is 8.76. The molecule has 0 unspecified atom stereocenters. The molecule has 10 nitrogen and oxygen atoms in total. The number of hydrogen-bond donors (Lipinski definition) is 3. The molecule has 35 heavy (non-hydrogen) atoms. The van der Waals surface area contributed by atoms with E-state index in [9.17, 15) is 9.59 Å². The molecule has 0 saturated carbocycles. The lowest BCUT2D eigenvalue weighted by atomic mass is 9.98. The zero-order chi connectivity index (χ0) is 24.6. The SMILES string of the molecule is CC(C)(C)c1nnc(NC(=O)Nc2ccc(Oc3ccnc4[nH]c(=O)cnc34)c3ccccc23)s1. The lowest BCUT2D eigenvalue weighted by Gasteiger charge is -2.14. The maximum atomic E-state index is 12.7. The minimum Gasteiger partial charge on any atom is -0.454 e. The van der Waals surface area contributed by atoms with E-state index in [0.29, 0.717) is 33.5 Å². The van der Waals surface area contributed by atoms with Gasteiger partial charge in [0.1, 0.15) is 16.3 Å². The van der Waals surface area contributed by atoms with Crippen LogP contribution in [0.2, 0.25) is 0 Å². The van der Waals surface area contributed by atoms with E-state index in [2.05, 4.69) is 35.8 Å². The number of nitrogens with zero attached hydrogens (tertiary/aromatic N) is 4. The summed E-state index contributed by atoms with van der Waals surface area (Å²) in [6.45, 7) is 6.12. The number of urea groups is 1. The fraction of sp³-hybridized carbons (Fsp3) is 0.167. The van der Waals surface area contributed by atoms with Crippen LogP contribution in [0.3, 0.4) is 0 Å². The molecule has 0 atom stereocenters. The van der Waals surface area contributed by atoms with Gasteiger partial charge in [-0.3, -0.25) is 10.1 Å². The Balaban J connectivity index is 1.42. The first-order valence-corrected chi connectivity index (χ1v) is 11.6. The zero-order valence-electron chi connectivity index (χ0n) is 19.1. The Bertz CT molecular complexity index is 1620. The van der Waals surface area contributed by atoms with Crippen LogP contribution in [-0.4, -0.2) is 31.2 Å². The number of rotatable bonds is 4. The van der Waals surface area contributed by atoms with Gasteiger partial charge in [-0.25, -0.2) is 14.8 Å². The van der Waals surface area contributed by atoms with Gasteiger partial charge in [0.05, 0.1) is 11.9 Å². The average molecular weight is 488 g/mol. The van der Waals surface area contributed by atoms with Gasteiger partial charge in [-0.1, -0.05) is 56.4 Å². The maximum absolute atomic E-state index is 12.7. The molecule has 2 aromatic carbocycles. The average Bonchev–Trinajstić information content (AvgIpc) is 3.29. The van der Waals surface area contributed by atoms with Crippen molar-refractivity contribution < 1.29 is 9.53 Å². The molecule has 0 spiro atoms. The van der Waals surface area contributed by atoms with Crippen LogP contribution in [0, 0.1) is 0 Å². The lowest BCUT2D eigenvalue weighted by Crippen LogP contribution is -2.19. The van der Waals surface area contributed by atoms with Crippen LogP contribution in [0.1, 0.15) is 25.8 Å². The van der Waals surface area contributed by atoms with E-state index in [1.807, 2.05) is 45.0 Å². The number of aromatic nitrogens is 5. The number of ether oxygens (including phenoxy) is 1. The van der Waals surface area contributed by atoms with Crippen LogP contribution in [0.5, 0.6) is 11.5 Å². The van der Waals surface area contributed by atoms with Gasteiger partial charge in [-0.05, 0) is 12.1 Å². The summed E-state index contributed by atoms with van der Waals surface area (Å²) in [5, 5.41) is 16.7. The molecule has 0 bridgehead atoms. The molecule has 0 aliphatic carbocycles. The smallest absolute Gasteiger partial charge is 0.325 e. The molecule has 2 amide bonds. The Morgan fingerprint density at radius 1 is 0.971 bits per heavy atom. The molecule has 0 radical (unpaired) electrons. The Hall–Kier alpha value is -4.38. The third-order valence-electron chi connectivity index (χ3n) is 5.08. The van der Waals surface area contributed by atoms with Crippen molar-refractivity contribution in [2.45, 2.75) is 26.2 Å². The van der Waals surface area contributed by atoms with Crippen molar-refractivity contribution in [2.75, 3.05) is 10.6 Å². The molecule has 3 aromatic heterocycles. The standard InChI is InChI=1S/C24H21N7O3S/c1-24(2,3)21-30-31-23(35-21)29-22(33)27-15-8-9-16(14-7-5-4-6-13(14)15)34-17-10-11-25-20-19(17)26-12-18(32)28-20/h4-12H,1-3H3,(H,25,28,32)(H2,27,29,31,33). The van der Waals surface area contributed by atoms with Gasteiger partial charge in [-0.2, -0.15) is 0 Å². The van der Waals surface area contributed by atoms with Gasteiger partial charge in [0.2, 0.25) is 5.13 Å². The number of carbonyl (C=O) groups is 1. The number of aromatic amines is 1. The van der Waals surface area contributed by atoms with Crippen LogP contribution in [0.15, 0.2) is 59.7 Å². The molecule has 0 aliphatic rings. The van der Waals surface area contributed by atoms with Gasteiger partial charge >= 0.3 is 6.03 Å². The highest BCUT2D eigenvalue weighted by atomic mass is 32.1. The molecule has 3 heterocycles. The van der Waals surface area contributed by atoms with E-state index >= 15 is 0 Å². The van der Waals surface area contributed by atoms with Gasteiger partial charge in [0.15, 0.2) is 11.4 Å². The highest BCUT2D eigenvalue weighted by Crippen LogP contribution is 2.36. The van der Waals surface area contributed by atoms with E-state index in [1.165, 1.54) is 23.7 Å². The summed E-state index contributed by atoms with van der Waals surface area (Å²) in [5.41, 5.74) is 0.882. The number of pyridine rings is 1. The largest absolute Gasteiger partial charge is 0.454 e. The Morgan fingerprint density at radius 3 is 2.54 bits per heavy atom. The van der Waals surface area contributed by atoms with Crippen LogP contribution < -0.4 is 20.9 Å². The van der Waals surface area contributed by atoms with Crippen LogP contribution in [0.4, 0.5) is 15.6 Å². The quantitative estimate of drug-likeness (QED) is 0.323. The summed E-state index contributed by atoms with van der Waals surface area (Å²) >= 11 is 1.34. The summed E-state index contributed by atoms with van der Waals surface area (Å²) in [5.74, 6) is 1.01. The predicted molar refractivity (Wildman–Crippen MR) is 135 cm³/mol. The van der Waals surface area contributed by atoms with Crippen molar-refractivity contribution in [3.8, 4) is 11.5 Å². The molecule has 0 fully saturated rings. The summed E-state index contributed by atoms with van der Waals surface area (Å²) in [6.07, 6.45) is 2.72. The van der Waals surface area contributed by atoms with E-state index in [-0.39, 0.29) is 11.0 Å². The Labute approximate surface area is 203 Å². The molecule has 176 valence electrons. The summed E-state index contributed by atoms with van der Waals surface area (Å²) < 4.78 is 6.17. The second-order valence-electron chi connectivity index (χ2n) is 8.75. The zero-order valence-corrected chi connectivity index (χ0v) is 19.9. The normalized spacial score (nSPS) is 11.5. The first-order chi connectivity index (χ1) is 16.8. The number of hydrogen-bond acceptors (Lipinski definition) is 8. The molecule has 3 N–H and O–H groups in total. The summed E-state index contributed by atoms with van der Waals surface area (Å²) in [7, 11) is 0. The number of nitrogens with one attached hydrogen (secondary N) is 3. The van der Waals surface area contributed by atoms with E-state index < -0.39 is 6.03 Å². The van der Waals surface area contributed by atoms with Crippen LogP contribution >= 0.6 is 11.3 Å². The van der Waals surface area contributed by atoms with Gasteiger partial charge in [0, 0.05) is 28.5 Å². The molecule has 0 aliphatic heterocycles. The Morgan fingerprint density at radius 2 is 1.77 bits per heavy atom. The number of benzene rings is 2. The molecular formula is C24H21N7O3S. The van der Waals surface area contributed by atoms with E-state index in [4.69, 9.17) is 4.74 Å². The van der Waals surface area contributed by atoms with Gasteiger partial charge in [0.25, 0.3) is 5.56 Å². The fourth-order valence-corrected chi connectivity index (χ4v) is 4.22. The molecular weight excluding hydrogens is 466 g/mol. The highest BCUT2D eigenvalue weighted by molar-refractivity contribution is 7.15. The highest BCUT2D eigenvalue weighted by Gasteiger charge is 2.20. The van der Waals surface area contributed by atoms with Crippen molar-refractivity contribution in [2.24, 2.45) is 0 Å². The number of amides is 2. The third-order valence-corrected chi connectivity index (χ3v) is 6.34. The summed E-state index contributed by atoms with van der Waals surface area (Å²) in [4.78, 5) is 35.2. The van der Waals surface area contributed by atoms with Crippen molar-refractivity contribution in [1.82, 2.24) is 25.1 Å². The molecule has 5 rings (SSSR count). The monoisotopic (exact) mass is 487 g/mol. The number of carbonyl (C=O) groups excluding carboxylic acids is 1. The van der Waals surface area contributed by atoms with Crippen molar-refractivity contribution in [1.29, 1.82) is 0 Å². The minimum atomic E-state index is -0.422. The van der Waals surface area contributed by atoms with Gasteiger partial charge < -0.3 is 15.0 Å². The number of fused-ring (bicyclic) bond motifs is 2. The predicted octanol–water partition coefficient (Wildman–Crippen LogP) is 5.06. The number of H-pyrrole nitrogens is 1. The van der Waals surface area contributed by atoms with Crippen molar-refractivity contribution >= 4 is 50.1 Å². The van der Waals surface area contributed by atoms with Crippen LogP contribution in [-0.2, 0) is 5.41 Å². The minimum absolute atomic E-state index is 0.148. The maximum Gasteiger partial charge on any atom is 0.325 e. The van der Waals surface area contributed by atoms with Crippen molar-refractivity contribution in [3.63, 3.8) is 0 Å². The van der Waals surface area contributed by atoms with E-state index in [0.717, 1.165) is 15.8 Å². The Kier molecular flexibility index (Phi) is 5.61. The third kappa shape index (κ3) is 4.66. The van der Waals surface area contributed by atoms with Crippen LogP contribution in [0.25, 0.3) is 21.9 Å². The molecule has 11 heteroatoms. The lowest BCUT2D eigenvalue weighted by molar-refractivity contribution is 0.262. The first kappa shape index (κ1) is 22.4. The summed E-state index contributed by atoms with van der Waals surface area (Å²) in [6, 6.07) is 12.3. The second-order valence-corrected chi connectivity index (χ2v) is 9.73. The van der Waals surface area contributed by atoms with E-state index in [1.54, 1.807) is 18.2 Å². The molecule has 5 aromatic rings.